The van der Waals surface area contributed by atoms with Gasteiger partial charge in [0, 0.05) is 37.5 Å². The fourth-order valence-corrected chi connectivity index (χ4v) is 10.4. The summed E-state index contributed by atoms with van der Waals surface area (Å²) in [5.41, 5.74) is 3.07. The Hall–Kier alpha value is -8.23. The molecule has 16 nitrogen and oxygen atoms in total. The molecule has 3 aliphatic rings. The molecule has 6 atom stereocenters. The van der Waals surface area contributed by atoms with Crippen LogP contribution in [0.15, 0.2) is 152 Å². The summed E-state index contributed by atoms with van der Waals surface area (Å²) in [4.78, 5) is 69.5. The molecule has 0 bridgehead atoms. The van der Waals surface area contributed by atoms with E-state index < -0.39 is 59.4 Å². The van der Waals surface area contributed by atoms with Gasteiger partial charge in [0.15, 0.2) is 0 Å². The second-order valence-electron chi connectivity index (χ2n) is 17.3. The number of benzene rings is 5. The molecule has 5 heterocycles. The van der Waals surface area contributed by atoms with Gasteiger partial charge in [-0.1, -0.05) is 108 Å². The van der Waals surface area contributed by atoms with E-state index in [-0.39, 0.29) is 50.8 Å². The minimum Gasteiger partial charge on any atom is -0.491 e. The average Bonchev–Trinajstić information content (AvgIpc) is 4.05. The number of cyclic esters (lactones) is 1. The first kappa shape index (κ1) is 46.5. The maximum Gasteiger partial charge on any atom is 0.421 e. The number of carbonyl (C=O) groups is 4. The summed E-state index contributed by atoms with van der Waals surface area (Å²) in [6, 6.07) is 40.7. The lowest BCUT2D eigenvalue weighted by molar-refractivity contribution is -0.178. The lowest BCUT2D eigenvalue weighted by Gasteiger charge is -2.46. The normalized spacial score (nSPS) is 21.3. The molecule has 2 fully saturated rings. The van der Waals surface area contributed by atoms with Gasteiger partial charge in [0.25, 0.3) is 0 Å². The number of hydrogen-bond donors (Lipinski definition) is 2. The summed E-state index contributed by atoms with van der Waals surface area (Å²) < 4.78 is 25.0. The van der Waals surface area contributed by atoms with Crippen molar-refractivity contribution in [2.24, 2.45) is 5.92 Å². The van der Waals surface area contributed by atoms with Gasteiger partial charge in [-0.3, -0.25) is 24.3 Å². The van der Waals surface area contributed by atoms with Crippen molar-refractivity contribution in [3.8, 4) is 17.6 Å². The third kappa shape index (κ3) is 8.64. The van der Waals surface area contributed by atoms with Crippen LogP contribution in [-0.4, -0.2) is 100.0 Å². The molecule has 1 spiro atoms. The minimum atomic E-state index is -2.04. The van der Waals surface area contributed by atoms with Crippen LogP contribution in [0.4, 0.5) is 10.5 Å². The molecule has 5 aromatic carbocycles. The van der Waals surface area contributed by atoms with E-state index in [0.29, 0.717) is 34.4 Å². The van der Waals surface area contributed by atoms with Gasteiger partial charge in [-0.05, 0) is 76.9 Å². The number of esters is 1. The van der Waals surface area contributed by atoms with E-state index >= 15 is 14.4 Å². The molecule has 2 N–H and O–H groups in total. The Kier molecular flexibility index (Phi) is 13.4. The molecule has 358 valence electrons. The fourth-order valence-electron chi connectivity index (χ4n) is 10.4. The Balaban J connectivity index is 1.21. The monoisotopic (exact) mass is 951 g/mol. The summed E-state index contributed by atoms with van der Waals surface area (Å²) in [7, 11) is 1.47. The number of fused-ring (bicyclic) bond motifs is 4. The van der Waals surface area contributed by atoms with Gasteiger partial charge in [0.05, 0.1) is 42.4 Å². The van der Waals surface area contributed by atoms with E-state index in [1.54, 1.807) is 59.4 Å². The van der Waals surface area contributed by atoms with Crippen LogP contribution in [0, 0.1) is 17.8 Å². The van der Waals surface area contributed by atoms with Crippen molar-refractivity contribution >= 4 is 40.6 Å². The first-order valence-corrected chi connectivity index (χ1v) is 23.3. The maximum atomic E-state index is 16.4. The molecule has 71 heavy (non-hydrogen) atoms. The molecule has 10 rings (SSSR count). The van der Waals surface area contributed by atoms with Crippen molar-refractivity contribution in [2.75, 3.05) is 45.0 Å². The molecule has 0 saturated carbocycles. The second-order valence-corrected chi connectivity index (χ2v) is 17.3. The third-order valence-corrected chi connectivity index (χ3v) is 13.3. The van der Waals surface area contributed by atoms with Crippen LogP contribution >= 0.6 is 0 Å². The third-order valence-electron chi connectivity index (χ3n) is 13.3. The molecule has 2 saturated heterocycles. The Morgan fingerprint density at radius 2 is 1.56 bits per heavy atom. The Bertz CT molecular complexity index is 3130. The molecule has 0 radical (unpaired) electrons. The molecule has 3 amide bonds. The summed E-state index contributed by atoms with van der Waals surface area (Å²) >= 11 is 0. The van der Waals surface area contributed by atoms with Crippen molar-refractivity contribution in [2.45, 2.75) is 42.6 Å². The number of carbonyl (C=O) groups excluding carboxylic acids is 4. The molecule has 16 heteroatoms. The summed E-state index contributed by atoms with van der Waals surface area (Å²) in [6.07, 6.45) is 0.100. The highest BCUT2D eigenvalue weighted by atomic mass is 16.6. The average molecular weight is 952 g/mol. The summed E-state index contributed by atoms with van der Waals surface area (Å²) in [5.74, 6) is 3.24. The van der Waals surface area contributed by atoms with E-state index in [9.17, 15) is 9.90 Å². The number of morpholine rings is 1. The van der Waals surface area contributed by atoms with E-state index in [4.69, 9.17) is 18.9 Å². The number of aliphatic hydroxyl groups excluding tert-OH is 1. The SMILES string of the molecule is COCCOC(=O)N1C(=O)C2(c3cc(C#CCn4nnc5ccccc54)ccc31)C(C(=O)NCCc1ccccn1)C1C(=O)OC(c3ccccc3)C(c3ccccc3)N1C2c1ccc(OCCO)cc1. The van der Waals surface area contributed by atoms with Gasteiger partial charge in [0.1, 0.15) is 48.6 Å². The lowest BCUT2D eigenvalue weighted by atomic mass is 9.65. The fraction of sp³-hybridized carbons (Fsp3) is 0.255. The van der Waals surface area contributed by atoms with Gasteiger partial charge in [-0.25, -0.2) is 14.4 Å². The predicted molar refractivity (Wildman–Crippen MR) is 260 cm³/mol. The quantitative estimate of drug-likeness (QED) is 0.0729. The van der Waals surface area contributed by atoms with E-state index in [1.165, 1.54) is 7.11 Å². The maximum absolute atomic E-state index is 16.4. The van der Waals surface area contributed by atoms with E-state index in [2.05, 4.69) is 32.5 Å². The number of rotatable bonds is 14. The number of nitrogens with one attached hydrogen (secondary N) is 1. The van der Waals surface area contributed by atoms with Gasteiger partial charge in [0.2, 0.25) is 11.8 Å². The number of nitrogens with zero attached hydrogens (tertiary/aromatic N) is 6. The van der Waals surface area contributed by atoms with E-state index in [0.717, 1.165) is 21.7 Å². The van der Waals surface area contributed by atoms with Crippen LogP contribution in [0.2, 0.25) is 0 Å². The van der Waals surface area contributed by atoms with Crippen LogP contribution in [0.25, 0.3) is 11.0 Å². The highest BCUT2D eigenvalue weighted by Crippen LogP contribution is 2.66. The number of methoxy groups -OCH3 is 1. The molecule has 2 aromatic heterocycles. The van der Waals surface area contributed by atoms with Crippen molar-refractivity contribution in [3.63, 3.8) is 0 Å². The zero-order valence-corrected chi connectivity index (χ0v) is 38.7. The largest absolute Gasteiger partial charge is 0.491 e. The van der Waals surface area contributed by atoms with Crippen molar-refractivity contribution in [1.82, 2.24) is 30.2 Å². The highest BCUT2D eigenvalue weighted by Gasteiger charge is 2.75. The number of ether oxygens (including phenoxy) is 4. The lowest BCUT2D eigenvalue weighted by Crippen LogP contribution is -2.56. The highest BCUT2D eigenvalue weighted by molar-refractivity contribution is 6.23. The topological polar surface area (TPSA) is 188 Å². The zero-order valence-electron chi connectivity index (χ0n) is 38.7. The molecule has 6 unspecified atom stereocenters. The van der Waals surface area contributed by atoms with Crippen molar-refractivity contribution in [3.05, 3.63) is 185 Å². The van der Waals surface area contributed by atoms with Crippen LogP contribution in [0.5, 0.6) is 5.75 Å². The van der Waals surface area contributed by atoms with Crippen molar-refractivity contribution in [1.29, 1.82) is 0 Å². The van der Waals surface area contributed by atoms with Crippen molar-refractivity contribution < 1.29 is 43.2 Å². The number of anilines is 1. The number of imide groups is 1. The second kappa shape index (κ2) is 20.4. The van der Waals surface area contributed by atoms with Crippen LogP contribution in [-0.2, 0) is 47.0 Å². The number of amides is 3. The molecule has 7 aromatic rings. The Morgan fingerprint density at radius 3 is 2.31 bits per heavy atom. The Labute approximate surface area is 409 Å². The Morgan fingerprint density at radius 1 is 0.817 bits per heavy atom. The van der Waals surface area contributed by atoms with Crippen LogP contribution < -0.4 is 15.0 Å². The van der Waals surface area contributed by atoms with Crippen LogP contribution in [0.1, 0.15) is 51.7 Å². The smallest absolute Gasteiger partial charge is 0.421 e. The first-order valence-electron chi connectivity index (χ1n) is 23.3. The van der Waals surface area contributed by atoms with Gasteiger partial charge in [-0.15, -0.1) is 5.10 Å². The molecule has 0 aliphatic carbocycles. The zero-order chi connectivity index (χ0) is 48.9. The predicted octanol–water partition coefficient (Wildman–Crippen LogP) is 6.06. The summed E-state index contributed by atoms with van der Waals surface area (Å²) in [6.45, 7) is -0.0247. The number of pyridine rings is 1. The molecule has 3 aliphatic heterocycles. The van der Waals surface area contributed by atoms with Crippen LogP contribution in [0.3, 0.4) is 0 Å². The number of para-hydroxylation sites is 1. The molecular weight excluding hydrogens is 903 g/mol. The first-order chi connectivity index (χ1) is 34.8. The van der Waals surface area contributed by atoms with Gasteiger partial charge >= 0.3 is 12.1 Å². The van der Waals surface area contributed by atoms with E-state index in [1.807, 2.05) is 102 Å². The van der Waals surface area contributed by atoms with Gasteiger partial charge < -0.3 is 29.4 Å². The number of hydrogen-bond acceptors (Lipinski definition) is 13. The summed E-state index contributed by atoms with van der Waals surface area (Å²) in [5, 5.41) is 21.3. The molecular formula is C55H49N7O9. The number of aromatic nitrogens is 4. The number of aliphatic hydroxyl groups is 1. The van der Waals surface area contributed by atoms with Gasteiger partial charge in [-0.2, -0.15) is 0 Å². The minimum absolute atomic E-state index is 0.0330. The standard InChI is InChI=1S/C55H49N7O9/c1-68-33-34-70-54(67)61-44-26-21-36(13-12-30-60-45-20-9-8-19-43(45)58-59-60)35-42(44)55(53(61)66)46(51(64)57-29-27-40-18-10-11-28-56-40)48-52(65)71-49(38-16-6-3-7-17-38)47(37-14-4-2-5-15-37)62(48)50(55)39-22-24-41(25-23-39)69-32-31-63/h2-11,14-26,28,35,46-50,63H,27,29-34H2,1H3,(H,57,64).